The fourth-order valence-corrected chi connectivity index (χ4v) is 3.89. The van der Waals surface area contributed by atoms with Gasteiger partial charge in [0.05, 0.1) is 6.26 Å². The number of halogens is 1. The number of aromatic nitrogens is 2. The smallest absolute Gasteiger partial charge is 0.208 e. The second-order valence-electron chi connectivity index (χ2n) is 6.08. The number of hydrogen-bond donors (Lipinski definition) is 2. The molecule has 0 unspecified atom stereocenters. The number of guanidine groups is 1. The van der Waals surface area contributed by atoms with E-state index in [0.29, 0.717) is 19.5 Å². The number of aliphatic imine (C=N–C) groups is 1. The van der Waals surface area contributed by atoms with Gasteiger partial charge in [0, 0.05) is 63.8 Å². The Kier molecular flexibility index (Phi) is 10.8. The van der Waals surface area contributed by atoms with Gasteiger partial charge in [-0.2, -0.15) is 4.37 Å². The molecule has 0 spiro atoms. The molecule has 1 aliphatic rings. The van der Waals surface area contributed by atoms with E-state index in [1.165, 1.54) is 17.8 Å². The highest BCUT2D eigenvalue weighted by molar-refractivity contribution is 14.0. The number of aryl methyl sites for hydroxylation is 1. The standard InChI is InChI=1S/C15H29N7O2S2.HI/c1-4-13-19-15(25-20-13)22-11-9-21(10-12-22)14(16-5-2)17-7-6-8-18-26(3,23)24;/h18H,4-12H2,1-3H3,(H,16,17);1H. The van der Waals surface area contributed by atoms with Crippen molar-refractivity contribution in [2.75, 3.05) is 57.0 Å². The molecule has 156 valence electrons. The summed E-state index contributed by atoms with van der Waals surface area (Å²) in [5, 5.41) is 4.32. The maximum Gasteiger partial charge on any atom is 0.208 e. The molecule has 12 heteroatoms. The molecule has 0 aliphatic carbocycles. The average Bonchev–Trinajstić information content (AvgIpc) is 3.09. The number of rotatable bonds is 8. The zero-order valence-electron chi connectivity index (χ0n) is 16.1. The molecular formula is C15H30IN7O2S2. The lowest BCUT2D eigenvalue weighted by molar-refractivity contribution is 0.372. The van der Waals surface area contributed by atoms with Gasteiger partial charge in [-0.25, -0.2) is 18.1 Å². The fraction of sp³-hybridized carbons (Fsp3) is 0.800. The summed E-state index contributed by atoms with van der Waals surface area (Å²) in [4.78, 5) is 13.7. The van der Waals surface area contributed by atoms with Gasteiger partial charge >= 0.3 is 0 Å². The third-order valence-corrected chi connectivity index (χ3v) is 5.46. The van der Waals surface area contributed by atoms with Crippen LogP contribution in [0, 0.1) is 0 Å². The molecule has 0 amide bonds. The third-order valence-electron chi connectivity index (χ3n) is 3.92. The van der Waals surface area contributed by atoms with E-state index in [2.05, 4.69) is 41.1 Å². The molecular weight excluding hydrogens is 501 g/mol. The van der Waals surface area contributed by atoms with Crippen LogP contribution in [-0.2, 0) is 16.4 Å². The largest absolute Gasteiger partial charge is 0.357 e. The minimum absolute atomic E-state index is 0. The Morgan fingerprint density at radius 3 is 2.52 bits per heavy atom. The molecule has 9 nitrogen and oxygen atoms in total. The Balaban J connectivity index is 0.00000364. The Labute approximate surface area is 183 Å². The van der Waals surface area contributed by atoms with Crippen LogP contribution >= 0.6 is 35.5 Å². The van der Waals surface area contributed by atoms with Gasteiger partial charge in [0.2, 0.25) is 15.2 Å². The molecule has 0 saturated carbocycles. The summed E-state index contributed by atoms with van der Waals surface area (Å²) < 4.78 is 29.0. The van der Waals surface area contributed by atoms with Crippen LogP contribution in [0.1, 0.15) is 26.1 Å². The summed E-state index contributed by atoms with van der Waals surface area (Å²) in [6.07, 6.45) is 2.70. The van der Waals surface area contributed by atoms with Crippen LogP contribution in [0.4, 0.5) is 5.13 Å². The number of sulfonamides is 1. The molecule has 1 aliphatic heterocycles. The first-order valence-electron chi connectivity index (χ1n) is 8.98. The lowest BCUT2D eigenvalue weighted by Crippen LogP contribution is -2.52. The molecule has 0 bridgehead atoms. The minimum atomic E-state index is -3.13. The first-order valence-corrected chi connectivity index (χ1v) is 11.6. The van der Waals surface area contributed by atoms with Crippen LogP contribution in [0.2, 0.25) is 0 Å². The Morgan fingerprint density at radius 1 is 1.26 bits per heavy atom. The molecule has 0 atom stereocenters. The maximum atomic E-state index is 11.1. The summed E-state index contributed by atoms with van der Waals surface area (Å²) in [5.41, 5.74) is 0. The summed E-state index contributed by atoms with van der Waals surface area (Å²) in [6, 6.07) is 0. The highest BCUT2D eigenvalue weighted by atomic mass is 127. The first kappa shape index (κ1) is 24.3. The topological polar surface area (TPSA) is 103 Å². The molecule has 1 aromatic heterocycles. The predicted octanol–water partition coefficient (Wildman–Crippen LogP) is 0.745. The first-order chi connectivity index (χ1) is 12.4. The molecule has 2 N–H and O–H groups in total. The number of hydrogen-bond acceptors (Lipinski definition) is 7. The van der Waals surface area contributed by atoms with E-state index >= 15 is 0 Å². The molecule has 1 aromatic rings. The maximum absolute atomic E-state index is 11.1. The van der Waals surface area contributed by atoms with E-state index < -0.39 is 10.0 Å². The van der Waals surface area contributed by atoms with Crippen LogP contribution in [0.3, 0.4) is 0 Å². The van der Waals surface area contributed by atoms with Crippen molar-refractivity contribution in [1.82, 2.24) is 24.3 Å². The second kappa shape index (κ2) is 12.0. The molecule has 2 heterocycles. The minimum Gasteiger partial charge on any atom is -0.357 e. The monoisotopic (exact) mass is 531 g/mol. The summed E-state index contributed by atoms with van der Waals surface area (Å²) in [6.45, 7) is 9.42. The van der Waals surface area contributed by atoms with Gasteiger partial charge in [-0.3, -0.25) is 4.99 Å². The lowest BCUT2D eigenvalue weighted by atomic mass is 10.3. The van der Waals surface area contributed by atoms with Crippen LogP contribution < -0.4 is 14.9 Å². The van der Waals surface area contributed by atoms with Crippen LogP contribution in [0.15, 0.2) is 4.99 Å². The Morgan fingerprint density at radius 2 is 1.96 bits per heavy atom. The Bertz CT molecular complexity index is 688. The fourth-order valence-electron chi connectivity index (χ4n) is 2.57. The van der Waals surface area contributed by atoms with Crippen molar-refractivity contribution in [3.63, 3.8) is 0 Å². The van der Waals surface area contributed by atoms with E-state index in [0.717, 1.165) is 56.1 Å². The van der Waals surface area contributed by atoms with Crippen LogP contribution in [0.5, 0.6) is 0 Å². The quantitative estimate of drug-likeness (QED) is 0.221. The van der Waals surface area contributed by atoms with Gasteiger partial charge in [0.1, 0.15) is 5.82 Å². The van der Waals surface area contributed by atoms with Crippen LogP contribution in [0.25, 0.3) is 0 Å². The Hall–Kier alpha value is -0.730. The normalized spacial score (nSPS) is 15.6. The summed E-state index contributed by atoms with van der Waals surface area (Å²) in [7, 11) is -3.13. The predicted molar refractivity (Wildman–Crippen MR) is 122 cm³/mol. The van der Waals surface area contributed by atoms with Gasteiger partial charge in [0.15, 0.2) is 5.96 Å². The summed E-state index contributed by atoms with van der Waals surface area (Å²) in [5.74, 6) is 1.79. The highest BCUT2D eigenvalue weighted by Crippen LogP contribution is 2.19. The van der Waals surface area contributed by atoms with E-state index in [-0.39, 0.29) is 24.0 Å². The van der Waals surface area contributed by atoms with E-state index in [1.54, 1.807) is 0 Å². The van der Waals surface area contributed by atoms with Gasteiger partial charge in [0.25, 0.3) is 0 Å². The highest BCUT2D eigenvalue weighted by Gasteiger charge is 2.21. The van der Waals surface area contributed by atoms with Crippen LogP contribution in [-0.4, -0.2) is 80.7 Å². The van der Waals surface area contributed by atoms with Crippen molar-refractivity contribution in [1.29, 1.82) is 0 Å². The molecule has 2 rings (SSSR count). The van der Waals surface area contributed by atoms with Gasteiger partial charge in [-0.15, -0.1) is 24.0 Å². The third kappa shape index (κ3) is 8.44. The molecule has 1 saturated heterocycles. The van der Waals surface area contributed by atoms with E-state index in [1.807, 2.05) is 6.92 Å². The van der Waals surface area contributed by atoms with Crippen molar-refractivity contribution in [3.8, 4) is 0 Å². The lowest BCUT2D eigenvalue weighted by Gasteiger charge is -2.36. The number of piperazine rings is 1. The second-order valence-corrected chi connectivity index (χ2v) is 8.64. The molecule has 0 aromatic carbocycles. The van der Waals surface area contributed by atoms with Crippen molar-refractivity contribution in [3.05, 3.63) is 5.82 Å². The van der Waals surface area contributed by atoms with Gasteiger partial charge < -0.3 is 15.1 Å². The average molecular weight is 531 g/mol. The van der Waals surface area contributed by atoms with Crippen molar-refractivity contribution in [2.24, 2.45) is 4.99 Å². The SMILES string of the molecule is CCNC(=NCCCNS(C)(=O)=O)N1CCN(c2nc(CC)ns2)CC1.I. The number of nitrogens with zero attached hydrogens (tertiary/aromatic N) is 5. The van der Waals surface area contributed by atoms with E-state index in [9.17, 15) is 8.42 Å². The number of anilines is 1. The van der Waals surface area contributed by atoms with E-state index in [4.69, 9.17) is 0 Å². The van der Waals surface area contributed by atoms with Crippen molar-refractivity contribution in [2.45, 2.75) is 26.7 Å². The molecule has 0 radical (unpaired) electrons. The van der Waals surface area contributed by atoms with Gasteiger partial charge in [-0.05, 0) is 13.3 Å². The van der Waals surface area contributed by atoms with Gasteiger partial charge in [-0.1, -0.05) is 6.92 Å². The van der Waals surface area contributed by atoms with Crippen molar-refractivity contribution >= 4 is 56.6 Å². The zero-order chi connectivity index (χ0) is 19.0. The molecule has 27 heavy (non-hydrogen) atoms. The molecule has 1 fully saturated rings. The zero-order valence-corrected chi connectivity index (χ0v) is 20.1. The van der Waals surface area contributed by atoms with Crippen molar-refractivity contribution < 1.29 is 8.42 Å². The number of nitrogens with one attached hydrogen (secondary N) is 2. The summed E-state index contributed by atoms with van der Waals surface area (Å²) >= 11 is 1.47.